The molecule has 6 heteroatoms. The fourth-order valence-corrected chi connectivity index (χ4v) is 2.00. The van der Waals surface area contributed by atoms with Crippen LogP contribution in [0, 0.1) is 5.82 Å². The van der Waals surface area contributed by atoms with Gasteiger partial charge in [0.25, 0.3) is 0 Å². The van der Waals surface area contributed by atoms with Crippen LogP contribution in [0.2, 0.25) is 5.02 Å². The normalized spacial score (nSPS) is 13.3. The van der Waals surface area contributed by atoms with Gasteiger partial charge in [0.15, 0.2) is 0 Å². The lowest BCUT2D eigenvalue weighted by atomic mass is 9.98. The molecule has 0 spiro atoms. The van der Waals surface area contributed by atoms with Crippen LogP contribution in [0.15, 0.2) is 42.5 Å². The lowest BCUT2D eigenvalue weighted by Gasteiger charge is -2.15. The Morgan fingerprint density at radius 1 is 1.00 bits per heavy atom. The molecule has 0 aromatic heterocycles. The Morgan fingerprint density at radius 3 is 2.15 bits per heavy atom. The number of benzene rings is 2. The van der Waals surface area contributed by atoms with Gasteiger partial charge in [0.05, 0.1) is 16.6 Å². The molecule has 1 nitrogen and oxygen atoms in total. The monoisotopic (exact) mass is 303 g/mol. The van der Waals surface area contributed by atoms with Crippen LogP contribution in [0.5, 0.6) is 0 Å². The lowest BCUT2D eigenvalue weighted by Crippen LogP contribution is -2.14. The van der Waals surface area contributed by atoms with E-state index >= 15 is 0 Å². The zero-order valence-corrected chi connectivity index (χ0v) is 10.8. The topological polar surface area (TPSA) is 26.0 Å². The quantitative estimate of drug-likeness (QED) is 0.810. The van der Waals surface area contributed by atoms with Crippen molar-refractivity contribution in [3.8, 4) is 0 Å². The van der Waals surface area contributed by atoms with Gasteiger partial charge in [-0.1, -0.05) is 35.9 Å². The van der Waals surface area contributed by atoms with Gasteiger partial charge in [-0.25, -0.2) is 4.39 Å². The third-order valence-electron chi connectivity index (χ3n) is 2.91. The minimum atomic E-state index is -4.41. The van der Waals surface area contributed by atoms with E-state index in [4.69, 9.17) is 17.3 Å². The Bertz CT molecular complexity index is 608. The van der Waals surface area contributed by atoms with E-state index in [1.807, 2.05) is 0 Å². The second-order valence-corrected chi connectivity index (χ2v) is 4.65. The number of alkyl halides is 3. The Balaban J connectivity index is 2.34. The summed E-state index contributed by atoms with van der Waals surface area (Å²) < 4.78 is 51.2. The van der Waals surface area contributed by atoms with Gasteiger partial charge < -0.3 is 5.73 Å². The van der Waals surface area contributed by atoms with Gasteiger partial charge in [-0.3, -0.25) is 0 Å². The van der Waals surface area contributed by atoms with Crippen LogP contribution in [-0.4, -0.2) is 0 Å². The number of halogens is 5. The number of nitrogens with two attached hydrogens (primary N) is 1. The van der Waals surface area contributed by atoms with Crippen molar-refractivity contribution in [2.24, 2.45) is 5.73 Å². The highest BCUT2D eigenvalue weighted by atomic mass is 35.5. The molecule has 2 aromatic rings. The van der Waals surface area contributed by atoms with Crippen LogP contribution in [-0.2, 0) is 6.18 Å². The summed E-state index contributed by atoms with van der Waals surface area (Å²) in [7, 11) is 0. The highest BCUT2D eigenvalue weighted by Gasteiger charge is 2.30. The van der Waals surface area contributed by atoms with Gasteiger partial charge in [0.1, 0.15) is 5.82 Å². The molecule has 0 aliphatic carbocycles. The maximum atomic E-state index is 13.8. The summed E-state index contributed by atoms with van der Waals surface area (Å²) >= 11 is 5.65. The molecule has 0 amide bonds. The third kappa shape index (κ3) is 2.94. The Hall–Kier alpha value is -1.59. The van der Waals surface area contributed by atoms with E-state index in [-0.39, 0.29) is 10.6 Å². The summed E-state index contributed by atoms with van der Waals surface area (Å²) in [6.45, 7) is 0. The van der Waals surface area contributed by atoms with E-state index in [2.05, 4.69) is 0 Å². The highest BCUT2D eigenvalue weighted by Crippen LogP contribution is 2.31. The standard InChI is InChI=1S/C14H10ClF4N/c15-11-3-1-2-10(12(11)16)13(20)8-4-6-9(7-5-8)14(17,18)19/h1-7,13H,20H2. The van der Waals surface area contributed by atoms with Crippen LogP contribution in [0.25, 0.3) is 0 Å². The molecule has 0 heterocycles. The molecule has 2 N–H and O–H groups in total. The van der Waals surface area contributed by atoms with Crippen LogP contribution >= 0.6 is 11.6 Å². The van der Waals surface area contributed by atoms with Crippen LogP contribution < -0.4 is 5.73 Å². The molecule has 0 bridgehead atoms. The molecule has 1 atom stereocenters. The summed E-state index contributed by atoms with van der Waals surface area (Å²) in [5.74, 6) is -0.665. The molecule has 0 saturated carbocycles. The molecule has 2 rings (SSSR count). The van der Waals surface area contributed by atoms with Crippen molar-refractivity contribution in [3.05, 3.63) is 70.0 Å². The van der Waals surface area contributed by atoms with Crippen LogP contribution in [0.1, 0.15) is 22.7 Å². The molecular weight excluding hydrogens is 294 g/mol. The summed E-state index contributed by atoms with van der Waals surface area (Å²) in [6, 6.07) is 7.77. The zero-order chi connectivity index (χ0) is 14.9. The van der Waals surface area contributed by atoms with Crippen molar-refractivity contribution in [3.63, 3.8) is 0 Å². The van der Waals surface area contributed by atoms with Gasteiger partial charge in [0.2, 0.25) is 0 Å². The molecule has 0 saturated heterocycles. The molecule has 2 aromatic carbocycles. The summed E-state index contributed by atoms with van der Waals surface area (Å²) in [5, 5.41) is -0.0788. The molecular formula is C14H10ClF4N. The number of hydrogen-bond acceptors (Lipinski definition) is 1. The Labute approximate surface area is 118 Å². The Kier molecular flexibility index (Phi) is 4.01. The molecule has 0 fully saturated rings. The predicted molar refractivity (Wildman–Crippen MR) is 68.9 cm³/mol. The second kappa shape index (κ2) is 5.42. The molecule has 0 radical (unpaired) electrons. The van der Waals surface area contributed by atoms with Crippen LogP contribution in [0.3, 0.4) is 0 Å². The van der Waals surface area contributed by atoms with E-state index in [0.717, 1.165) is 12.1 Å². The van der Waals surface area contributed by atoms with Crippen molar-refractivity contribution in [1.82, 2.24) is 0 Å². The fourth-order valence-electron chi connectivity index (χ4n) is 1.82. The maximum Gasteiger partial charge on any atom is 0.416 e. The highest BCUT2D eigenvalue weighted by molar-refractivity contribution is 6.30. The maximum absolute atomic E-state index is 13.8. The number of rotatable bonds is 2. The first-order valence-electron chi connectivity index (χ1n) is 5.67. The molecule has 0 aliphatic rings. The van der Waals surface area contributed by atoms with Crippen molar-refractivity contribution >= 4 is 11.6 Å². The lowest BCUT2D eigenvalue weighted by molar-refractivity contribution is -0.137. The fraction of sp³-hybridized carbons (Fsp3) is 0.143. The first-order chi connectivity index (χ1) is 9.30. The van der Waals surface area contributed by atoms with Crippen molar-refractivity contribution in [1.29, 1.82) is 0 Å². The van der Waals surface area contributed by atoms with E-state index in [1.54, 1.807) is 0 Å². The first-order valence-corrected chi connectivity index (χ1v) is 6.05. The van der Waals surface area contributed by atoms with Crippen LogP contribution in [0.4, 0.5) is 17.6 Å². The minimum Gasteiger partial charge on any atom is -0.320 e. The smallest absolute Gasteiger partial charge is 0.320 e. The number of hydrogen-bond donors (Lipinski definition) is 1. The average molecular weight is 304 g/mol. The molecule has 106 valence electrons. The third-order valence-corrected chi connectivity index (χ3v) is 3.21. The Morgan fingerprint density at radius 2 is 1.60 bits per heavy atom. The first kappa shape index (κ1) is 14.8. The van der Waals surface area contributed by atoms with Crippen molar-refractivity contribution in [2.45, 2.75) is 12.2 Å². The molecule has 20 heavy (non-hydrogen) atoms. The zero-order valence-electron chi connectivity index (χ0n) is 10.1. The van der Waals surface area contributed by atoms with Gasteiger partial charge in [-0.2, -0.15) is 13.2 Å². The van der Waals surface area contributed by atoms with E-state index in [1.165, 1.54) is 30.3 Å². The van der Waals surface area contributed by atoms with E-state index < -0.39 is 23.6 Å². The predicted octanol–water partition coefficient (Wildman–Crippen LogP) is 4.55. The van der Waals surface area contributed by atoms with Gasteiger partial charge >= 0.3 is 6.18 Å². The van der Waals surface area contributed by atoms with Gasteiger partial charge in [-0.05, 0) is 23.8 Å². The van der Waals surface area contributed by atoms with E-state index in [0.29, 0.717) is 5.56 Å². The summed E-state index contributed by atoms with van der Waals surface area (Å²) in [6.07, 6.45) is -4.41. The summed E-state index contributed by atoms with van der Waals surface area (Å²) in [5.41, 5.74) is 5.60. The minimum absolute atomic E-state index is 0.0788. The van der Waals surface area contributed by atoms with E-state index in [9.17, 15) is 17.6 Å². The van der Waals surface area contributed by atoms with Gasteiger partial charge in [0, 0.05) is 5.56 Å². The average Bonchev–Trinajstić information content (AvgIpc) is 2.40. The SMILES string of the molecule is NC(c1ccc(C(F)(F)F)cc1)c1cccc(Cl)c1F. The largest absolute Gasteiger partial charge is 0.416 e. The van der Waals surface area contributed by atoms with Crippen molar-refractivity contribution < 1.29 is 17.6 Å². The van der Waals surface area contributed by atoms with Crippen molar-refractivity contribution in [2.75, 3.05) is 0 Å². The molecule has 1 unspecified atom stereocenters. The molecule has 0 aliphatic heterocycles. The van der Waals surface area contributed by atoms with Gasteiger partial charge in [-0.15, -0.1) is 0 Å². The second-order valence-electron chi connectivity index (χ2n) is 4.24. The summed E-state index contributed by atoms with van der Waals surface area (Å²) in [4.78, 5) is 0.